The monoisotopic (exact) mass is 488 g/mol. The van der Waals surface area contributed by atoms with Crippen LogP contribution in [-0.4, -0.2) is 46.3 Å². The minimum Gasteiger partial charge on any atom is -0.497 e. The van der Waals surface area contributed by atoms with E-state index in [4.69, 9.17) is 15.2 Å². The predicted molar refractivity (Wildman–Crippen MR) is 121 cm³/mol. The molecule has 0 aliphatic carbocycles. The number of alkyl halides is 3. The van der Waals surface area contributed by atoms with Crippen LogP contribution in [0, 0.1) is 13.8 Å². The van der Waals surface area contributed by atoms with E-state index in [1.807, 2.05) is 0 Å². The molecule has 3 N–H and O–H groups in total. The first-order valence-electron chi connectivity index (χ1n) is 10.0. The highest BCUT2D eigenvalue weighted by Crippen LogP contribution is 2.34. The second-order valence-corrected chi connectivity index (χ2v) is 7.46. The van der Waals surface area contributed by atoms with Gasteiger partial charge in [-0.15, -0.1) is 0 Å². The molecular formula is C22H19F3N6O4. The number of anilines is 3. The van der Waals surface area contributed by atoms with Crippen LogP contribution in [0.15, 0.2) is 24.3 Å². The van der Waals surface area contributed by atoms with Crippen molar-refractivity contribution in [2.24, 2.45) is 0 Å². The van der Waals surface area contributed by atoms with Gasteiger partial charge in [0.25, 0.3) is 0 Å². The number of esters is 1. The van der Waals surface area contributed by atoms with Crippen molar-refractivity contribution < 1.29 is 32.2 Å². The summed E-state index contributed by atoms with van der Waals surface area (Å²) in [6.45, 7) is 3.39. The third kappa shape index (κ3) is 4.65. The van der Waals surface area contributed by atoms with Gasteiger partial charge < -0.3 is 19.9 Å². The lowest BCUT2D eigenvalue weighted by Gasteiger charge is -2.14. The fourth-order valence-electron chi connectivity index (χ4n) is 3.44. The Morgan fingerprint density at radius 3 is 2.26 bits per heavy atom. The molecule has 0 atom stereocenters. The Hall–Kier alpha value is -4.42. The number of aryl methyl sites for hydroxylation is 2. The molecule has 0 radical (unpaired) electrons. The van der Waals surface area contributed by atoms with Crippen LogP contribution in [0.3, 0.4) is 0 Å². The summed E-state index contributed by atoms with van der Waals surface area (Å²) in [5.74, 6) is -2.24. The lowest BCUT2D eigenvalue weighted by atomic mass is 10.1. The van der Waals surface area contributed by atoms with Crippen LogP contribution in [0.25, 0.3) is 21.8 Å². The second kappa shape index (κ2) is 8.74. The summed E-state index contributed by atoms with van der Waals surface area (Å²) < 4.78 is 53.8. The predicted octanol–water partition coefficient (Wildman–Crippen LogP) is 4.00. The quantitative estimate of drug-likeness (QED) is 0.313. The van der Waals surface area contributed by atoms with Gasteiger partial charge in [0.1, 0.15) is 17.0 Å². The first kappa shape index (κ1) is 23.7. The van der Waals surface area contributed by atoms with Crippen LogP contribution in [0.4, 0.5) is 30.8 Å². The van der Waals surface area contributed by atoms with E-state index in [2.05, 4.69) is 30.0 Å². The number of carbonyl (C=O) groups excluding carboxylic acids is 1. The number of hydrogen-bond acceptors (Lipinski definition) is 10. The van der Waals surface area contributed by atoms with Crippen LogP contribution < -0.4 is 25.3 Å². The van der Waals surface area contributed by atoms with Gasteiger partial charge in [-0.3, -0.25) is 5.32 Å². The number of rotatable bonds is 5. The lowest BCUT2D eigenvalue weighted by molar-refractivity contribution is -0.189. The number of nitrogens with one attached hydrogen (secondary N) is 1. The van der Waals surface area contributed by atoms with Crippen molar-refractivity contribution in [1.29, 1.82) is 0 Å². The van der Waals surface area contributed by atoms with E-state index in [1.165, 1.54) is 20.3 Å². The average molecular weight is 488 g/mol. The van der Waals surface area contributed by atoms with Crippen LogP contribution in [0.2, 0.25) is 0 Å². The summed E-state index contributed by atoms with van der Waals surface area (Å²) in [6.07, 6.45) is -5.23. The van der Waals surface area contributed by atoms with Crippen molar-refractivity contribution in [1.82, 2.24) is 19.9 Å². The third-order valence-corrected chi connectivity index (χ3v) is 5.01. The summed E-state index contributed by atoms with van der Waals surface area (Å²) in [4.78, 5) is 28.6. The Morgan fingerprint density at radius 1 is 0.914 bits per heavy atom. The molecule has 35 heavy (non-hydrogen) atoms. The Bertz CT molecular complexity index is 1480. The number of fused-ring (bicyclic) bond motifs is 2. The molecule has 2 aromatic heterocycles. The summed E-state index contributed by atoms with van der Waals surface area (Å²) in [5.41, 5.74) is 7.81. The maximum Gasteiger partial charge on any atom is 0.491 e. The van der Waals surface area contributed by atoms with Crippen molar-refractivity contribution in [2.75, 3.05) is 25.3 Å². The smallest absolute Gasteiger partial charge is 0.491 e. The molecule has 10 nitrogen and oxygen atoms in total. The molecule has 0 amide bonds. The van der Waals surface area contributed by atoms with E-state index in [0.29, 0.717) is 33.7 Å². The number of aromatic nitrogens is 4. The van der Waals surface area contributed by atoms with E-state index in [9.17, 15) is 18.0 Å². The summed E-state index contributed by atoms with van der Waals surface area (Å²) in [6, 6.07) is 6.28. The number of methoxy groups -OCH3 is 2. The van der Waals surface area contributed by atoms with Crippen LogP contribution in [0.5, 0.6) is 17.4 Å². The molecule has 0 aliphatic heterocycles. The van der Waals surface area contributed by atoms with Gasteiger partial charge in [-0.1, -0.05) is 0 Å². The molecule has 2 heterocycles. The van der Waals surface area contributed by atoms with Gasteiger partial charge in [0, 0.05) is 17.1 Å². The molecule has 0 saturated heterocycles. The normalized spacial score (nSPS) is 11.5. The Labute approximate surface area is 196 Å². The fraction of sp³-hybridized carbons (Fsp3) is 0.227. The number of nitrogens with two attached hydrogens (primary N) is 1. The van der Waals surface area contributed by atoms with E-state index in [1.54, 1.807) is 32.0 Å². The third-order valence-electron chi connectivity index (χ3n) is 5.01. The van der Waals surface area contributed by atoms with Gasteiger partial charge in [0.2, 0.25) is 17.8 Å². The average Bonchev–Trinajstić information content (AvgIpc) is 2.78. The lowest BCUT2D eigenvalue weighted by Crippen LogP contribution is -2.28. The van der Waals surface area contributed by atoms with E-state index >= 15 is 0 Å². The highest BCUT2D eigenvalue weighted by molar-refractivity contribution is 5.93. The molecule has 2 aromatic carbocycles. The van der Waals surface area contributed by atoms with Gasteiger partial charge in [0.05, 0.1) is 30.8 Å². The van der Waals surface area contributed by atoms with Crippen molar-refractivity contribution in [2.45, 2.75) is 20.0 Å². The Kier molecular flexibility index (Phi) is 5.92. The number of nitrogen functional groups attached to an aromatic ring is 1. The number of carbonyl (C=O) groups is 1. The number of nitrogens with zero attached hydrogens (tertiary/aromatic N) is 4. The summed E-state index contributed by atoms with van der Waals surface area (Å²) in [7, 11) is 2.99. The molecule has 0 unspecified atom stereocenters. The SMILES string of the molecule is COc1cc(OC)c2nc(Nc3nc(OC(=O)C(F)(F)F)c4cc(N)cc(C)c4n3)nc(C)c2c1. The molecule has 0 aliphatic rings. The fourth-order valence-corrected chi connectivity index (χ4v) is 3.44. The number of halogens is 3. The van der Waals surface area contributed by atoms with Crippen LogP contribution >= 0.6 is 0 Å². The maximum atomic E-state index is 12.9. The zero-order valence-corrected chi connectivity index (χ0v) is 18.9. The van der Waals surface area contributed by atoms with E-state index < -0.39 is 18.0 Å². The molecule has 4 aromatic rings. The summed E-state index contributed by atoms with van der Waals surface area (Å²) >= 11 is 0. The van der Waals surface area contributed by atoms with Crippen molar-refractivity contribution in [3.8, 4) is 17.4 Å². The zero-order valence-electron chi connectivity index (χ0n) is 18.9. The summed E-state index contributed by atoms with van der Waals surface area (Å²) in [5, 5.41) is 3.47. The first-order valence-corrected chi connectivity index (χ1v) is 10.0. The Balaban J connectivity index is 1.84. The molecule has 13 heteroatoms. The number of benzene rings is 2. The minimum atomic E-state index is -5.23. The number of ether oxygens (including phenoxy) is 3. The van der Waals surface area contributed by atoms with Crippen LogP contribution in [-0.2, 0) is 4.79 Å². The molecule has 4 rings (SSSR count). The molecule has 0 spiro atoms. The van der Waals surface area contributed by atoms with E-state index in [-0.39, 0.29) is 28.5 Å². The maximum absolute atomic E-state index is 12.9. The van der Waals surface area contributed by atoms with Gasteiger partial charge >= 0.3 is 12.1 Å². The zero-order chi connectivity index (χ0) is 25.5. The number of hydrogen-bond donors (Lipinski definition) is 2. The molecule has 0 fully saturated rings. The van der Waals surface area contributed by atoms with Crippen molar-refractivity contribution in [3.63, 3.8) is 0 Å². The van der Waals surface area contributed by atoms with Gasteiger partial charge in [0.15, 0.2) is 0 Å². The van der Waals surface area contributed by atoms with Crippen molar-refractivity contribution >= 4 is 45.4 Å². The molecule has 0 bridgehead atoms. The second-order valence-electron chi connectivity index (χ2n) is 7.46. The van der Waals surface area contributed by atoms with E-state index in [0.717, 1.165) is 0 Å². The first-order chi connectivity index (χ1) is 16.5. The highest BCUT2D eigenvalue weighted by Gasteiger charge is 2.42. The van der Waals surface area contributed by atoms with Gasteiger partial charge in [-0.05, 0) is 37.6 Å². The molecule has 182 valence electrons. The van der Waals surface area contributed by atoms with Crippen LogP contribution in [0.1, 0.15) is 11.3 Å². The van der Waals surface area contributed by atoms with Gasteiger partial charge in [-0.25, -0.2) is 19.7 Å². The molecular weight excluding hydrogens is 469 g/mol. The largest absolute Gasteiger partial charge is 0.497 e. The standard InChI is InChI=1S/C22H19F3N6O4/c1-9-5-11(26)6-14-16(9)28-21(30-18(14)35-19(32)22(23,24)25)31-20-27-10(2)13-7-12(33-3)8-15(34-4)17(13)29-20/h5-8H,26H2,1-4H3,(H,27,28,29,30,31). The highest BCUT2D eigenvalue weighted by atomic mass is 19.4. The minimum absolute atomic E-state index is 0.0371. The van der Waals surface area contributed by atoms with Crippen molar-refractivity contribution in [3.05, 3.63) is 35.5 Å². The topological polar surface area (TPSA) is 134 Å². The molecule has 0 saturated carbocycles. The Morgan fingerprint density at radius 2 is 1.60 bits per heavy atom. The van der Waals surface area contributed by atoms with Gasteiger partial charge in [-0.2, -0.15) is 18.2 Å².